The molecule has 25 heavy (non-hydrogen) atoms. The fourth-order valence-corrected chi connectivity index (χ4v) is 3.38. The minimum Gasteiger partial charge on any atom is -0.496 e. The molecular formula is C19H18FN3O2. The number of hydrogen-bond donors (Lipinski definition) is 2. The summed E-state index contributed by atoms with van der Waals surface area (Å²) in [6.07, 6.45) is 2.62. The van der Waals surface area contributed by atoms with Gasteiger partial charge in [0.1, 0.15) is 11.6 Å². The van der Waals surface area contributed by atoms with E-state index in [0.29, 0.717) is 22.7 Å². The fraction of sp³-hybridized carbons (Fsp3) is 0.263. The van der Waals surface area contributed by atoms with E-state index in [1.807, 2.05) is 6.07 Å². The molecule has 3 aromatic rings. The van der Waals surface area contributed by atoms with Crippen molar-refractivity contribution in [1.82, 2.24) is 15.3 Å². The molecule has 1 saturated heterocycles. The zero-order valence-electron chi connectivity index (χ0n) is 13.8. The average Bonchev–Trinajstić information content (AvgIpc) is 3.16. The highest BCUT2D eigenvalue weighted by Gasteiger charge is 2.19. The van der Waals surface area contributed by atoms with Gasteiger partial charge in [-0.15, -0.1) is 0 Å². The first-order valence-electron chi connectivity index (χ1n) is 8.24. The van der Waals surface area contributed by atoms with Gasteiger partial charge in [0.05, 0.1) is 23.8 Å². The van der Waals surface area contributed by atoms with Crippen LogP contribution in [0.2, 0.25) is 0 Å². The quantitative estimate of drug-likeness (QED) is 0.770. The van der Waals surface area contributed by atoms with Crippen molar-refractivity contribution in [2.75, 3.05) is 20.2 Å². The number of fused-ring (bicyclic) bond motifs is 1. The number of aromatic nitrogens is 2. The zero-order valence-corrected chi connectivity index (χ0v) is 13.8. The lowest BCUT2D eigenvalue weighted by Crippen LogP contribution is -2.14. The van der Waals surface area contributed by atoms with Crippen LogP contribution in [0, 0.1) is 5.82 Å². The monoisotopic (exact) mass is 339 g/mol. The van der Waals surface area contributed by atoms with Crippen molar-refractivity contribution in [1.29, 1.82) is 0 Å². The number of methoxy groups -OCH3 is 1. The maximum absolute atomic E-state index is 14.3. The van der Waals surface area contributed by atoms with Crippen LogP contribution in [0.15, 0.2) is 41.3 Å². The van der Waals surface area contributed by atoms with Gasteiger partial charge < -0.3 is 15.0 Å². The standard InChI is InChI=1S/C19H18FN3O2/c1-25-17-4-2-3-14(20)18(17)16-8-13-12(10-22-16)7-15(23-19(13)24)11-5-6-21-9-11/h2-4,7-8,10-11,21H,5-6,9H2,1H3,(H,23,24). The van der Waals surface area contributed by atoms with E-state index in [2.05, 4.69) is 15.3 Å². The van der Waals surface area contributed by atoms with Crippen molar-refractivity contribution >= 4 is 10.8 Å². The van der Waals surface area contributed by atoms with E-state index < -0.39 is 5.82 Å². The highest BCUT2D eigenvalue weighted by atomic mass is 19.1. The first-order valence-corrected chi connectivity index (χ1v) is 8.24. The molecule has 5 nitrogen and oxygen atoms in total. The summed E-state index contributed by atoms with van der Waals surface area (Å²) in [5, 5.41) is 4.54. The highest BCUT2D eigenvalue weighted by molar-refractivity contribution is 5.85. The molecule has 0 bridgehead atoms. The van der Waals surface area contributed by atoms with Gasteiger partial charge in [-0.2, -0.15) is 0 Å². The molecule has 1 unspecified atom stereocenters. The van der Waals surface area contributed by atoms with E-state index in [9.17, 15) is 9.18 Å². The number of hydrogen-bond acceptors (Lipinski definition) is 4. The van der Waals surface area contributed by atoms with E-state index in [1.54, 1.807) is 24.4 Å². The van der Waals surface area contributed by atoms with E-state index in [-0.39, 0.29) is 11.1 Å². The Bertz CT molecular complexity index is 994. The van der Waals surface area contributed by atoms with Crippen LogP contribution >= 0.6 is 0 Å². The Kier molecular flexibility index (Phi) is 3.97. The van der Waals surface area contributed by atoms with Gasteiger partial charge in [-0.25, -0.2) is 4.39 Å². The van der Waals surface area contributed by atoms with Crippen molar-refractivity contribution in [3.8, 4) is 17.0 Å². The molecular weight excluding hydrogens is 321 g/mol. The lowest BCUT2D eigenvalue weighted by molar-refractivity contribution is 0.413. The molecule has 2 N–H and O–H groups in total. The smallest absolute Gasteiger partial charge is 0.256 e. The van der Waals surface area contributed by atoms with Gasteiger partial charge in [-0.3, -0.25) is 9.78 Å². The van der Waals surface area contributed by atoms with Crippen LogP contribution in [0.1, 0.15) is 18.0 Å². The molecule has 1 aromatic carbocycles. The first-order chi connectivity index (χ1) is 12.2. The number of halogens is 1. The zero-order chi connectivity index (χ0) is 17.4. The van der Waals surface area contributed by atoms with Gasteiger partial charge in [-0.05, 0) is 37.2 Å². The first kappa shape index (κ1) is 15.8. The molecule has 1 aliphatic rings. The number of benzene rings is 1. The minimum absolute atomic E-state index is 0.182. The lowest BCUT2D eigenvalue weighted by Gasteiger charge is -2.12. The van der Waals surface area contributed by atoms with E-state index in [0.717, 1.165) is 30.6 Å². The molecule has 4 rings (SSSR count). The summed E-state index contributed by atoms with van der Waals surface area (Å²) in [7, 11) is 1.48. The Balaban J connectivity index is 1.85. The minimum atomic E-state index is -0.434. The fourth-order valence-electron chi connectivity index (χ4n) is 3.38. The summed E-state index contributed by atoms with van der Waals surface area (Å²) in [4.78, 5) is 19.9. The molecule has 0 aliphatic carbocycles. The third-order valence-corrected chi connectivity index (χ3v) is 4.70. The Morgan fingerprint density at radius 3 is 2.96 bits per heavy atom. The Morgan fingerprint density at radius 1 is 1.32 bits per heavy atom. The third-order valence-electron chi connectivity index (χ3n) is 4.70. The summed E-state index contributed by atoms with van der Waals surface area (Å²) in [5.41, 5.74) is 1.37. The van der Waals surface area contributed by atoms with Gasteiger partial charge in [0.25, 0.3) is 5.56 Å². The summed E-state index contributed by atoms with van der Waals surface area (Å²) in [5.74, 6) is 0.261. The maximum atomic E-state index is 14.3. The number of aromatic amines is 1. The normalized spacial score (nSPS) is 17.1. The van der Waals surface area contributed by atoms with E-state index >= 15 is 0 Å². The van der Waals surface area contributed by atoms with Crippen LogP contribution in [0.25, 0.3) is 22.0 Å². The largest absolute Gasteiger partial charge is 0.496 e. The van der Waals surface area contributed by atoms with Crippen LogP contribution in [-0.4, -0.2) is 30.2 Å². The predicted octanol–water partition coefficient (Wildman–Crippen LogP) is 2.81. The van der Waals surface area contributed by atoms with Crippen molar-refractivity contribution in [2.24, 2.45) is 0 Å². The summed E-state index contributed by atoms with van der Waals surface area (Å²) >= 11 is 0. The molecule has 3 heterocycles. The Morgan fingerprint density at radius 2 is 2.20 bits per heavy atom. The van der Waals surface area contributed by atoms with Crippen LogP contribution in [0.3, 0.4) is 0 Å². The van der Waals surface area contributed by atoms with Gasteiger partial charge >= 0.3 is 0 Å². The maximum Gasteiger partial charge on any atom is 0.256 e. The number of nitrogens with one attached hydrogen (secondary N) is 2. The lowest BCUT2D eigenvalue weighted by atomic mass is 10.0. The predicted molar refractivity (Wildman–Crippen MR) is 94.5 cm³/mol. The van der Waals surface area contributed by atoms with Gasteiger partial charge in [0.2, 0.25) is 0 Å². The number of ether oxygens (including phenoxy) is 1. The van der Waals surface area contributed by atoms with Gasteiger partial charge in [0, 0.05) is 29.7 Å². The van der Waals surface area contributed by atoms with E-state index in [4.69, 9.17) is 4.74 Å². The molecule has 2 aromatic heterocycles. The van der Waals surface area contributed by atoms with Crippen molar-refractivity contribution in [3.05, 3.63) is 58.4 Å². The summed E-state index contributed by atoms with van der Waals surface area (Å²) in [6.45, 7) is 1.81. The second-order valence-electron chi connectivity index (χ2n) is 6.22. The van der Waals surface area contributed by atoms with Gasteiger partial charge in [-0.1, -0.05) is 6.07 Å². The molecule has 0 radical (unpaired) electrons. The molecule has 128 valence electrons. The van der Waals surface area contributed by atoms with Crippen molar-refractivity contribution in [3.63, 3.8) is 0 Å². The van der Waals surface area contributed by atoms with Crippen LogP contribution in [0.5, 0.6) is 5.75 Å². The van der Waals surface area contributed by atoms with Gasteiger partial charge in [0.15, 0.2) is 0 Å². The van der Waals surface area contributed by atoms with E-state index in [1.165, 1.54) is 13.2 Å². The molecule has 0 spiro atoms. The molecule has 0 amide bonds. The number of rotatable bonds is 3. The summed E-state index contributed by atoms with van der Waals surface area (Å²) < 4.78 is 19.5. The van der Waals surface area contributed by atoms with Crippen molar-refractivity contribution in [2.45, 2.75) is 12.3 Å². The second-order valence-corrected chi connectivity index (χ2v) is 6.22. The number of pyridine rings is 2. The average molecular weight is 339 g/mol. The Hall–Kier alpha value is -2.73. The SMILES string of the molecule is COc1cccc(F)c1-c1cc2c(=O)[nH]c(C3CCNC3)cc2cn1. The topological polar surface area (TPSA) is 67.0 Å². The molecule has 1 aliphatic heterocycles. The molecule has 6 heteroatoms. The molecule has 0 saturated carbocycles. The molecule has 1 fully saturated rings. The second kappa shape index (κ2) is 6.29. The van der Waals surface area contributed by atoms with Crippen molar-refractivity contribution < 1.29 is 9.13 Å². The number of H-pyrrole nitrogens is 1. The highest BCUT2D eigenvalue weighted by Crippen LogP contribution is 2.32. The summed E-state index contributed by atoms with van der Waals surface area (Å²) in [6, 6.07) is 8.18. The van der Waals surface area contributed by atoms with Crippen LogP contribution in [0.4, 0.5) is 4.39 Å². The third kappa shape index (κ3) is 2.78. The molecule has 1 atom stereocenters. The Labute approximate surface area is 143 Å². The van der Waals surface area contributed by atoms with Crippen LogP contribution in [-0.2, 0) is 0 Å². The van der Waals surface area contributed by atoms with Crippen LogP contribution < -0.4 is 15.6 Å². The number of nitrogens with zero attached hydrogens (tertiary/aromatic N) is 1.